The van der Waals surface area contributed by atoms with Gasteiger partial charge in [-0.25, -0.2) is 9.97 Å². The van der Waals surface area contributed by atoms with Crippen LogP contribution in [0.5, 0.6) is 11.5 Å². The Hall–Kier alpha value is -4.92. The van der Waals surface area contributed by atoms with Gasteiger partial charge in [-0.3, -0.25) is 9.78 Å². The number of nitrogens with zero attached hydrogens (tertiary/aromatic N) is 5. The molecule has 196 valence electrons. The molecule has 0 unspecified atom stereocenters. The lowest BCUT2D eigenvalue weighted by Crippen LogP contribution is -2.49. The van der Waals surface area contributed by atoms with Crippen LogP contribution in [0.3, 0.4) is 0 Å². The maximum Gasteiger partial charge on any atom is 0.253 e. The Bertz CT molecular complexity index is 1680. The maximum atomic E-state index is 13.4. The van der Waals surface area contributed by atoms with Crippen molar-refractivity contribution in [1.29, 1.82) is 0 Å². The van der Waals surface area contributed by atoms with Crippen LogP contribution < -0.4 is 20.1 Å². The minimum absolute atomic E-state index is 0.00207. The highest BCUT2D eigenvalue weighted by Gasteiger charge is 2.23. The van der Waals surface area contributed by atoms with Crippen LogP contribution in [0.25, 0.3) is 32.9 Å². The average Bonchev–Trinajstić information content (AvgIpc) is 3.00. The Labute approximate surface area is 225 Å². The summed E-state index contributed by atoms with van der Waals surface area (Å²) in [6.07, 6.45) is 3.51. The first-order valence-electron chi connectivity index (χ1n) is 12.7. The smallest absolute Gasteiger partial charge is 0.253 e. The van der Waals surface area contributed by atoms with Gasteiger partial charge in [0.05, 0.1) is 25.4 Å². The zero-order valence-corrected chi connectivity index (χ0v) is 21.8. The van der Waals surface area contributed by atoms with Crippen LogP contribution >= 0.6 is 0 Å². The second-order valence-corrected chi connectivity index (χ2v) is 9.38. The molecule has 1 fully saturated rings. The molecule has 3 aromatic heterocycles. The lowest BCUT2D eigenvalue weighted by molar-refractivity contribution is 0.0746. The first-order valence-corrected chi connectivity index (χ1v) is 12.7. The van der Waals surface area contributed by atoms with Crippen LogP contribution in [0.15, 0.2) is 73.1 Å². The van der Waals surface area contributed by atoms with Crippen LogP contribution in [0.4, 0.5) is 11.6 Å². The van der Waals surface area contributed by atoms with Gasteiger partial charge in [-0.15, -0.1) is 0 Å². The van der Waals surface area contributed by atoms with Gasteiger partial charge in [-0.1, -0.05) is 18.2 Å². The van der Waals surface area contributed by atoms with E-state index in [9.17, 15) is 4.79 Å². The summed E-state index contributed by atoms with van der Waals surface area (Å²) in [6.45, 7) is 2.73. The summed E-state index contributed by atoms with van der Waals surface area (Å²) in [5.41, 5.74) is 9.26. The standard InChI is InChI=1S/C30H28N6O3/c1-38-26-16-22-21-15-24(34-29(31)23(21)18-33-25(22)17-27(26)39-2)19-6-5-7-20(14-19)30(37)36-12-10-35(11-13-36)28-8-3-4-9-32-28/h3-9,14-18H,10-13H2,1-2H3,(H2,31,34). The van der Waals surface area contributed by atoms with E-state index in [-0.39, 0.29) is 5.91 Å². The van der Waals surface area contributed by atoms with E-state index in [1.807, 2.05) is 65.6 Å². The average molecular weight is 521 g/mol. The number of amides is 1. The van der Waals surface area contributed by atoms with Crippen molar-refractivity contribution < 1.29 is 14.3 Å². The molecule has 2 aromatic carbocycles. The third-order valence-corrected chi connectivity index (χ3v) is 7.16. The summed E-state index contributed by atoms with van der Waals surface area (Å²) >= 11 is 0. The summed E-state index contributed by atoms with van der Waals surface area (Å²) in [5, 5.41) is 2.51. The Balaban J connectivity index is 1.31. The fourth-order valence-electron chi connectivity index (χ4n) is 5.08. The van der Waals surface area contributed by atoms with E-state index in [0.29, 0.717) is 41.7 Å². The molecular formula is C30H28N6O3. The summed E-state index contributed by atoms with van der Waals surface area (Å²) < 4.78 is 11.0. The van der Waals surface area contributed by atoms with Crippen molar-refractivity contribution >= 4 is 39.2 Å². The van der Waals surface area contributed by atoms with Crippen LogP contribution in [-0.2, 0) is 0 Å². The molecule has 2 N–H and O–H groups in total. The zero-order valence-electron chi connectivity index (χ0n) is 21.8. The lowest BCUT2D eigenvalue weighted by Gasteiger charge is -2.35. The second kappa shape index (κ2) is 10.1. The van der Waals surface area contributed by atoms with Gasteiger partial charge in [0, 0.05) is 66.5 Å². The number of benzene rings is 2. The van der Waals surface area contributed by atoms with Crippen LogP contribution in [-0.4, -0.2) is 66.2 Å². The van der Waals surface area contributed by atoms with E-state index in [1.165, 1.54) is 0 Å². The molecular weight excluding hydrogens is 492 g/mol. The monoisotopic (exact) mass is 520 g/mol. The highest BCUT2D eigenvalue weighted by molar-refractivity contribution is 6.10. The third-order valence-electron chi connectivity index (χ3n) is 7.16. The molecule has 0 radical (unpaired) electrons. The van der Waals surface area contributed by atoms with E-state index in [0.717, 1.165) is 46.1 Å². The van der Waals surface area contributed by atoms with Crippen molar-refractivity contribution in [2.24, 2.45) is 0 Å². The van der Waals surface area contributed by atoms with Crippen LogP contribution in [0, 0.1) is 0 Å². The fraction of sp³-hybridized carbons (Fsp3) is 0.200. The molecule has 9 nitrogen and oxygen atoms in total. The molecule has 0 aliphatic carbocycles. The van der Waals surface area contributed by atoms with Crippen LogP contribution in [0.1, 0.15) is 10.4 Å². The Morgan fingerprint density at radius 2 is 1.64 bits per heavy atom. The van der Waals surface area contributed by atoms with E-state index in [4.69, 9.17) is 15.2 Å². The van der Waals surface area contributed by atoms with Gasteiger partial charge in [0.15, 0.2) is 11.5 Å². The molecule has 5 aromatic rings. The van der Waals surface area contributed by atoms with Crippen molar-refractivity contribution in [3.8, 4) is 22.8 Å². The van der Waals surface area contributed by atoms with Crippen molar-refractivity contribution in [1.82, 2.24) is 19.9 Å². The molecule has 6 rings (SSSR count). The van der Waals surface area contributed by atoms with E-state index >= 15 is 0 Å². The topological polar surface area (TPSA) is 107 Å². The number of aromatic nitrogens is 3. The van der Waals surface area contributed by atoms with Crippen molar-refractivity contribution in [2.45, 2.75) is 0 Å². The third kappa shape index (κ3) is 4.52. The number of carbonyl (C=O) groups excluding carboxylic acids is 1. The van der Waals surface area contributed by atoms with Gasteiger partial charge in [0.25, 0.3) is 5.91 Å². The second-order valence-electron chi connectivity index (χ2n) is 9.38. The molecule has 4 heterocycles. The Kier molecular flexibility index (Phi) is 6.32. The van der Waals surface area contributed by atoms with Crippen molar-refractivity contribution in [2.75, 3.05) is 51.0 Å². The van der Waals surface area contributed by atoms with Gasteiger partial charge in [0.2, 0.25) is 0 Å². The van der Waals surface area contributed by atoms with Gasteiger partial charge in [-0.05, 0) is 41.8 Å². The number of methoxy groups -OCH3 is 2. The number of carbonyl (C=O) groups is 1. The summed E-state index contributed by atoms with van der Waals surface area (Å²) in [5.74, 6) is 2.51. The summed E-state index contributed by atoms with van der Waals surface area (Å²) in [7, 11) is 3.20. The molecule has 9 heteroatoms. The minimum Gasteiger partial charge on any atom is -0.493 e. The Morgan fingerprint density at radius 3 is 2.38 bits per heavy atom. The van der Waals surface area contributed by atoms with E-state index in [1.54, 1.807) is 26.6 Å². The predicted octanol–water partition coefficient (Wildman–Crippen LogP) is 4.41. The van der Waals surface area contributed by atoms with Gasteiger partial charge in [0.1, 0.15) is 11.6 Å². The number of pyridine rings is 3. The zero-order chi connectivity index (χ0) is 26.9. The number of fused-ring (bicyclic) bond motifs is 3. The first kappa shape index (κ1) is 24.4. The summed E-state index contributed by atoms with van der Waals surface area (Å²) in [4.78, 5) is 31.2. The highest BCUT2D eigenvalue weighted by Crippen LogP contribution is 2.37. The number of hydrogen-bond acceptors (Lipinski definition) is 8. The largest absolute Gasteiger partial charge is 0.493 e. The molecule has 1 aliphatic heterocycles. The molecule has 1 amide bonds. The first-order chi connectivity index (χ1) is 19.1. The molecule has 0 bridgehead atoms. The molecule has 0 spiro atoms. The number of nitrogens with two attached hydrogens (primary N) is 1. The van der Waals surface area contributed by atoms with Gasteiger partial charge < -0.3 is 25.0 Å². The van der Waals surface area contributed by atoms with Gasteiger partial charge in [-0.2, -0.15) is 0 Å². The Morgan fingerprint density at radius 1 is 0.846 bits per heavy atom. The highest BCUT2D eigenvalue weighted by atomic mass is 16.5. The quantitative estimate of drug-likeness (QED) is 0.340. The molecule has 1 aliphatic rings. The molecule has 39 heavy (non-hydrogen) atoms. The molecule has 0 saturated carbocycles. The maximum absolute atomic E-state index is 13.4. The van der Waals surface area contributed by atoms with E-state index < -0.39 is 0 Å². The SMILES string of the molecule is COc1cc2ncc3c(N)nc(-c4cccc(C(=O)N5CCN(c6ccccn6)CC5)c4)cc3c2cc1OC. The fourth-order valence-corrected chi connectivity index (χ4v) is 5.08. The van der Waals surface area contributed by atoms with E-state index in [2.05, 4.69) is 19.9 Å². The van der Waals surface area contributed by atoms with Crippen molar-refractivity contribution in [3.05, 3.63) is 78.6 Å². The van der Waals surface area contributed by atoms with Gasteiger partial charge >= 0.3 is 0 Å². The number of anilines is 2. The number of nitrogen functional groups attached to an aromatic ring is 1. The van der Waals surface area contributed by atoms with Crippen molar-refractivity contribution in [3.63, 3.8) is 0 Å². The minimum atomic E-state index is -0.00207. The van der Waals surface area contributed by atoms with Crippen LogP contribution in [0.2, 0.25) is 0 Å². The number of rotatable bonds is 5. The molecule has 0 atom stereocenters. The number of piperazine rings is 1. The number of ether oxygens (including phenoxy) is 2. The predicted molar refractivity (Wildman–Crippen MR) is 152 cm³/mol. The summed E-state index contributed by atoms with van der Waals surface area (Å²) in [6, 6.07) is 19.2. The normalized spacial score (nSPS) is 13.6. The molecule has 1 saturated heterocycles. The lowest BCUT2D eigenvalue weighted by atomic mass is 10.0. The number of hydrogen-bond donors (Lipinski definition) is 1.